The van der Waals surface area contributed by atoms with Crippen LogP contribution in [0.25, 0.3) is 22.4 Å². The molecule has 1 aromatic carbocycles. The van der Waals surface area contributed by atoms with Crippen molar-refractivity contribution in [3.8, 4) is 17.1 Å². The zero-order chi connectivity index (χ0) is 17.9. The van der Waals surface area contributed by atoms with Crippen molar-refractivity contribution in [2.24, 2.45) is 0 Å². The van der Waals surface area contributed by atoms with Gasteiger partial charge in [0, 0.05) is 24.5 Å². The molecule has 3 heterocycles. The maximum absolute atomic E-state index is 11.3. The minimum absolute atomic E-state index is 0.211. The Morgan fingerprint density at radius 2 is 2.00 bits per heavy atom. The van der Waals surface area contributed by atoms with Crippen LogP contribution in [0.5, 0.6) is 5.75 Å². The highest BCUT2D eigenvalue weighted by Gasteiger charge is 2.06. The van der Waals surface area contributed by atoms with E-state index in [1.165, 1.54) is 0 Å². The van der Waals surface area contributed by atoms with Gasteiger partial charge >= 0.3 is 5.69 Å². The summed E-state index contributed by atoms with van der Waals surface area (Å²) in [7, 11) is 1.59. The molecule has 0 aliphatic rings. The number of benzene rings is 1. The molecule has 8 heteroatoms. The van der Waals surface area contributed by atoms with E-state index in [4.69, 9.17) is 4.74 Å². The Labute approximate surface area is 148 Å². The molecule has 0 aliphatic carbocycles. The fourth-order valence-corrected chi connectivity index (χ4v) is 2.63. The molecule has 4 rings (SSSR count). The number of hydrogen-bond donors (Lipinski definition) is 3. The van der Waals surface area contributed by atoms with Crippen molar-refractivity contribution in [2.45, 2.75) is 6.54 Å². The molecular formula is C18H16N6O2. The standard InChI is InChI=1S/C18H16N6O2/c1-26-13-7-12(9-19-10-13)17-20-5-4-16(24-17)21-8-11-2-3-14-15(6-11)23-18(25)22-14/h2-7,9-10H,8H2,1H3,(H,20,21,24)(H2,22,23,25). The Bertz CT molecular complexity index is 1120. The fraction of sp³-hybridized carbons (Fsp3) is 0.111. The number of nitrogens with one attached hydrogen (secondary N) is 3. The van der Waals surface area contributed by atoms with Crippen molar-refractivity contribution in [1.29, 1.82) is 0 Å². The molecule has 0 saturated carbocycles. The van der Waals surface area contributed by atoms with Crippen molar-refractivity contribution in [1.82, 2.24) is 24.9 Å². The third-order valence-electron chi connectivity index (χ3n) is 3.92. The lowest BCUT2D eigenvalue weighted by Crippen LogP contribution is -2.03. The molecule has 0 spiro atoms. The predicted octanol–water partition coefficient (Wildman–Crippen LogP) is 2.33. The zero-order valence-electron chi connectivity index (χ0n) is 14.0. The molecule has 0 atom stereocenters. The van der Waals surface area contributed by atoms with Gasteiger partial charge in [0.15, 0.2) is 5.82 Å². The van der Waals surface area contributed by atoms with Gasteiger partial charge in [0.05, 0.1) is 24.3 Å². The number of fused-ring (bicyclic) bond motifs is 1. The minimum Gasteiger partial charge on any atom is -0.495 e. The normalized spacial score (nSPS) is 10.8. The number of H-pyrrole nitrogens is 2. The molecule has 0 unspecified atom stereocenters. The lowest BCUT2D eigenvalue weighted by Gasteiger charge is -2.08. The van der Waals surface area contributed by atoms with Gasteiger partial charge in [-0.3, -0.25) is 4.98 Å². The summed E-state index contributed by atoms with van der Waals surface area (Å²) in [6, 6.07) is 9.38. The number of rotatable bonds is 5. The van der Waals surface area contributed by atoms with Crippen LogP contribution in [-0.2, 0) is 6.54 Å². The molecule has 3 aromatic heterocycles. The van der Waals surface area contributed by atoms with Gasteiger partial charge < -0.3 is 20.0 Å². The fourth-order valence-electron chi connectivity index (χ4n) is 2.63. The average Bonchev–Trinajstić information content (AvgIpc) is 3.06. The SMILES string of the molecule is COc1cncc(-c2nccc(NCc3ccc4[nH]c(=O)[nH]c4c3)n2)c1. The van der Waals surface area contributed by atoms with E-state index in [2.05, 4.69) is 30.2 Å². The molecule has 0 aliphatic heterocycles. The second kappa shape index (κ2) is 6.67. The predicted molar refractivity (Wildman–Crippen MR) is 98.1 cm³/mol. The quantitative estimate of drug-likeness (QED) is 0.511. The Kier molecular flexibility index (Phi) is 4.06. The summed E-state index contributed by atoms with van der Waals surface area (Å²) in [5.74, 6) is 1.91. The van der Waals surface area contributed by atoms with E-state index < -0.39 is 0 Å². The molecule has 0 fully saturated rings. The number of imidazole rings is 1. The van der Waals surface area contributed by atoms with Crippen LogP contribution in [0.1, 0.15) is 5.56 Å². The lowest BCUT2D eigenvalue weighted by molar-refractivity contribution is 0.413. The summed E-state index contributed by atoms with van der Waals surface area (Å²) in [6.07, 6.45) is 5.02. The third-order valence-corrected chi connectivity index (χ3v) is 3.92. The van der Waals surface area contributed by atoms with Gasteiger partial charge in [-0.25, -0.2) is 14.8 Å². The Hall–Kier alpha value is -3.68. The van der Waals surface area contributed by atoms with Crippen LogP contribution >= 0.6 is 0 Å². The van der Waals surface area contributed by atoms with Crippen LogP contribution in [0.3, 0.4) is 0 Å². The van der Waals surface area contributed by atoms with Crippen molar-refractivity contribution < 1.29 is 4.74 Å². The van der Waals surface area contributed by atoms with Crippen LogP contribution in [0, 0.1) is 0 Å². The first-order valence-electron chi connectivity index (χ1n) is 7.98. The number of nitrogens with zero attached hydrogens (tertiary/aromatic N) is 3. The summed E-state index contributed by atoms with van der Waals surface area (Å²) < 4.78 is 5.19. The Morgan fingerprint density at radius 3 is 2.88 bits per heavy atom. The van der Waals surface area contributed by atoms with Gasteiger partial charge in [0.25, 0.3) is 0 Å². The topological polar surface area (TPSA) is 109 Å². The van der Waals surface area contributed by atoms with E-state index in [1.54, 1.807) is 31.8 Å². The summed E-state index contributed by atoms with van der Waals surface area (Å²) >= 11 is 0. The number of methoxy groups -OCH3 is 1. The number of hydrogen-bond acceptors (Lipinski definition) is 6. The molecule has 0 radical (unpaired) electrons. The van der Waals surface area contributed by atoms with Crippen LogP contribution in [-0.4, -0.2) is 32.0 Å². The first-order valence-corrected chi connectivity index (χ1v) is 7.98. The highest BCUT2D eigenvalue weighted by atomic mass is 16.5. The maximum Gasteiger partial charge on any atom is 0.323 e. The molecule has 0 amide bonds. The van der Waals surface area contributed by atoms with Gasteiger partial charge in [-0.05, 0) is 29.8 Å². The first kappa shape index (κ1) is 15.8. The Balaban J connectivity index is 1.53. The number of aromatic amines is 2. The highest BCUT2D eigenvalue weighted by Crippen LogP contribution is 2.20. The number of aromatic nitrogens is 5. The largest absolute Gasteiger partial charge is 0.495 e. The van der Waals surface area contributed by atoms with Gasteiger partial charge in [-0.15, -0.1) is 0 Å². The molecular weight excluding hydrogens is 332 g/mol. The number of ether oxygens (including phenoxy) is 1. The summed E-state index contributed by atoms with van der Waals surface area (Å²) in [6.45, 7) is 0.565. The molecule has 8 nitrogen and oxygen atoms in total. The Morgan fingerprint density at radius 1 is 1.12 bits per heavy atom. The van der Waals surface area contributed by atoms with Gasteiger partial charge in [-0.2, -0.15) is 0 Å². The van der Waals surface area contributed by atoms with E-state index >= 15 is 0 Å². The zero-order valence-corrected chi connectivity index (χ0v) is 14.0. The van der Waals surface area contributed by atoms with Gasteiger partial charge in [0.1, 0.15) is 11.6 Å². The van der Waals surface area contributed by atoms with Gasteiger partial charge in [-0.1, -0.05) is 6.07 Å². The highest BCUT2D eigenvalue weighted by molar-refractivity contribution is 5.75. The molecule has 26 heavy (non-hydrogen) atoms. The van der Waals surface area contributed by atoms with Crippen LogP contribution in [0.15, 0.2) is 53.7 Å². The van der Waals surface area contributed by atoms with Crippen molar-refractivity contribution in [2.75, 3.05) is 12.4 Å². The second-order valence-corrected chi connectivity index (χ2v) is 5.69. The average molecular weight is 348 g/mol. The van der Waals surface area contributed by atoms with E-state index in [-0.39, 0.29) is 5.69 Å². The van der Waals surface area contributed by atoms with Crippen molar-refractivity contribution in [3.63, 3.8) is 0 Å². The van der Waals surface area contributed by atoms with Crippen molar-refractivity contribution >= 4 is 16.9 Å². The molecule has 0 saturated heterocycles. The first-order chi connectivity index (χ1) is 12.7. The monoisotopic (exact) mass is 348 g/mol. The van der Waals surface area contributed by atoms with Crippen LogP contribution in [0.4, 0.5) is 5.82 Å². The van der Waals surface area contributed by atoms with E-state index in [1.807, 2.05) is 24.3 Å². The minimum atomic E-state index is -0.211. The third kappa shape index (κ3) is 3.25. The lowest BCUT2D eigenvalue weighted by atomic mass is 10.2. The molecule has 0 bridgehead atoms. The van der Waals surface area contributed by atoms with Crippen molar-refractivity contribution in [3.05, 3.63) is 65.0 Å². The van der Waals surface area contributed by atoms with E-state index in [9.17, 15) is 4.79 Å². The molecule has 130 valence electrons. The molecule has 3 N–H and O–H groups in total. The van der Waals surface area contributed by atoms with Crippen LogP contribution in [0.2, 0.25) is 0 Å². The van der Waals surface area contributed by atoms with Gasteiger partial charge in [0.2, 0.25) is 0 Å². The summed E-state index contributed by atoms with van der Waals surface area (Å²) in [5, 5.41) is 3.27. The number of anilines is 1. The smallest absolute Gasteiger partial charge is 0.323 e. The molecule has 4 aromatic rings. The van der Waals surface area contributed by atoms with E-state index in [0.29, 0.717) is 23.9 Å². The summed E-state index contributed by atoms with van der Waals surface area (Å²) in [5.41, 5.74) is 3.15. The second-order valence-electron chi connectivity index (χ2n) is 5.69. The summed E-state index contributed by atoms with van der Waals surface area (Å²) in [4.78, 5) is 29.8. The van der Waals surface area contributed by atoms with Crippen LogP contribution < -0.4 is 15.7 Å². The number of pyridine rings is 1. The maximum atomic E-state index is 11.3. The van der Waals surface area contributed by atoms with E-state index in [0.717, 1.165) is 22.2 Å².